The molecular weight excluding hydrogens is 328 g/mol. The van der Waals surface area contributed by atoms with Crippen molar-refractivity contribution in [2.45, 2.75) is 101 Å². The highest BCUT2D eigenvalue weighted by atomic mass is 16.2. The second-order valence-corrected chi connectivity index (χ2v) is 10.9. The average Bonchev–Trinajstić information content (AvgIpc) is 2.38. The largest absolute Gasteiger partial charge is 0.291 e. The molecule has 0 atom stereocenters. The Morgan fingerprint density at radius 1 is 0.731 bits per heavy atom. The molecule has 0 aliphatic carbocycles. The summed E-state index contributed by atoms with van der Waals surface area (Å²) < 4.78 is 0. The standard InChI is InChI=1S/C20H42N4O2/c1-14(2)21-22-15(25)18(6,7)13-19(8,9)16(26)23-24-20(10,11)12-17(3,4)5/h14,21,24H,12-13H2,1-11H3,(H,22,25)(H,23,26). The van der Waals surface area contributed by atoms with Gasteiger partial charge in [-0.1, -0.05) is 48.5 Å². The van der Waals surface area contributed by atoms with Gasteiger partial charge in [0, 0.05) is 22.4 Å². The van der Waals surface area contributed by atoms with E-state index in [9.17, 15) is 9.59 Å². The molecule has 26 heavy (non-hydrogen) atoms. The molecule has 4 N–H and O–H groups in total. The first-order chi connectivity index (χ1) is 11.4. The quantitative estimate of drug-likeness (QED) is 0.469. The van der Waals surface area contributed by atoms with E-state index < -0.39 is 10.8 Å². The van der Waals surface area contributed by atoms with Gasteiger partial charge in [0.05, 0.1) is 0 Å². The number of hydrazine groups is 2. The number of hydrogen-bond donors (Lipinski definition) is 4. The predicted molar refractivity (Wildman–Crippen MR) is 108 cm³/mol. The summed E-state index contributed by atoms with van der Waals surface area (Å²) in [5.41, 5.74) is 10.2. The highest BCUT2D eigenvalue weighted by Gasteiger charge is 2.39. The van der Waals surface area contributed by atoms with Gasteiger partial charge in [0.15, 0.2) is 0 Å². The minimum Gasteiger partial charge on any atom is -0.291 e. The third kappa shape index (κ3) is 9.53. The monoisotopic (exact) mass is 370 g/mol. The minimum absolute atomic E-state index is 0.114. The summed E-state index contributed by atoms with van der Waals surface area (Å²) in [4.78, 5) is 25.1. The van der Waals surface area contributed by atoms with Crippen LogP contribution in [0.15, 0.2) is 0 Å². The van der Waals surface area contributed by atoms with E-state index in [0.29, 0.717) is 6.42 Å². The van der Waals surface area contributed by atoms with Gasteiger partial charge < -0.3 is 0 Å². The van der Waals surface area contributed by atoms with Gasteiger partial charge in [-0.15, -0.1) is 0 Å². The molecule has 0 bridgehead atoms. The molecule has 0 fully saturated rings. The fraction of sp³-hybridized carbons (Fsp3) is 0.900. The van der Waals surface area contributed by atoms with Gasteiger partial charge in [0.1, 0.15) is 0 Å². The highest BCUT2D eigenvalue weighted by Crippen LogP contribution is 2.34. The molecule has 0 heterocycles. The minimum atomic E-state index is -0.691. The molecule has 154 valence electrons. The van der Waals surface area contributed by atoms with E-state index in [-0.39, 0.29) is 28.8 Å². The van der Waals surface area contributed by atoms with Crippen molar-refractivity contribution in [1.29, 1.82) is 0 Å². The van der Waals surface area contributed by atoms with Crippen LogP contribution in [0.4, 0.5) is 0 Å². The Balaban J connectivity index is 4.83. The first-order valence-electron chi connectivity index (χ1n) is 9.52. The summed E-state index contributed by atoms with van der Waals surface area (Å²) in [5, 5.41) is 0. The number of hydrogen-bond acceptors (Lipinski definition) is 4. The lowest BCUT2D eigenvalue weighted by atomic mass is 9.74. The lowest BCUT2D eigenvalue weighted by Gasteiger charge is -2.36. The Labute approximate surface area is 160 Å². The van der Waals surface area contributed by atoms with Crippen LogP contribution < -0.4 is 21.7 Å². The third-order valence-corrected chi connectivity index (χ3v) is 4.07. The van der Waals surface area contributed by atoms with Crippen LogP contribution in [0.1, 0.15) is 89.0 Å². The zero-order valence-electron chi connectivity index (χ0n) is 18.8. The maximum Gasteiger partial charge on any atom is 0.239 e. The number of rotatable bonds is 9. The Morgan fingerprint density at radius 2 is 1.15 bits per heavy atom. The summed E-state index contributed by atoms with van der Waals surface area (Å²) >= 11 is 0. The zero-order valence-corrected chi connectivity index (χ0v) is 18.8. The number of amides is 2. The van der Waals surface area contributed by atoms with Crippen LogP contribution >= 0.6 is 0 Å². The maximum absolute atomic E-state index is 12.7. The van der Waals surface area contributed by atoms with Crippen molar-refractivity contribution in [3.8, 4) is 0 Å². The normalized spacial score (nSPS) is 13.7. The van der Waals surface area contributed by atoms with Crippen LogP contribution in [0.3, 0.4) is 0 Å². The van der Waals surface area contributed by atoms with Crippen LogP contribution in [0, 0.1) is 16.2 Å². The van der Waals surface area contributed by atoms with E-state index in [2.05, 4.69) is 56.3 Å². The van der Waals surface area contributed by atoms with Crippen molar-refractivity contribution < 1.29 is 9.59 Å². The molecule has 0 radical (unpaired) electrons. The molecule has 0 aromatic carbocycles. The molecule has 0 saturated heterocycles. The topological polar surface area (TPSA) is 82.3 Å². The summed E-state index contributed by atoms with van der Waals surface area (Å²) in [6.45, 7) is 22.0. The van der Waals surface area contributed by atoms with E-state index in [1.807, 2.05) is 41.5 Å². The fourth-order valence-corrected chi connectivity index (χ4v) is 3.41. The molecule has 2 amide bonds. The molecule has 6 heteroatoms. The van der Waals surface area contributed by atoms with Crippen LogP contribution in [0.25, 0.3) is 0 Å². The van der Waals surface area contributed by atoms with Crippen molar-refractivity contribution in [3.05, 3.63) is 0 Å². The lowest BCUT2D eigenvalue weighted by Crippen LogP contribution is -2.56. The van der Waals surface area contributed by atoms with Crippen LogP contribution in [-0.2, 0) is 9.59 Å². The van der Waals surface area contributed by atoms with Gasteiger partial charge in [-0.25, -0.2) is 10.9 Å². The van der Waals surface area contributed by atoms with Crippen molar-refractivity contribution in [2.24, 2.45) is 16.2 Å². The van der Waals surface area contributed by atoms with E-state index in [1.54, 1.807) is 0 Å². The number of nitrogens with one attached hydrogen (secondary N) is 4. The molecule has 6 nitrogen and oxygen atoms in total. The van der Waals surface area contributed by atoms with Gasteiger partial charge in [-0.2, -0.15) is 0 Å². The molecular formula is C20H42N4O2. The van der Waals surface area contributed by atoms with Gasteiger partial charge in [-0.3, -0.25) is 20.4 Å². The van der Waals surface area contributed by atoms with Gasteiger partial charge >= 0.3 is 0 Å². The highest BCUT2D eigenvalue weighted by molar-refractivity contribution is 5.85. The van der Waals surface area contributed by atoms with Crippen molar-refractivity contribution in [1.82, 2.24) is 21.7 Å². The van der Waals surface area contributed by atoms with E-state index in [1.165, 1.54) is 0 Å². The SMILES string of the molecule is CC(C)NNC(=O)C(C)(C)CC(C)(C)C(=O)NNC(C)(C)CC(C)(C)C. The molecule has 0 unspecified atom stereocenters. The fourth-order valence-electron chi connectivity index (χ4n) is 3.41. The van der Waals surface area contributed by atoms with E-state index >= 15 is 0 Å². The summed E-state index contributed by atoms with van der Waals surface area (Å²) in [7, 11) is 0. The molecule has 0 aromatic heterocycles. The predicted octanol–water partition coefficient (Wildman–Crippen LogP) is 3.29. The molecule has 0 aliphatic rings. The first-order valence-corrected chi connectivity index (χ1v) is 9.52. The second kappa shape index (κ2) is 8.70. The van der Waals surface area contributed by atoms with Gasteiger partial charge in [0.25, 0.3) is 0 Å². The van der Waals surface area contributed by atoms with E-state index in [0.717, 1.165) is 6.42 Å². The van der Waals surface area contributed by atoms with Crippen molar-refractivity contribution >= 4 is 11.8 Å². The number of carbonyl (C=O) groups excluding carboxylic acids is 2. The smallest absolute Gasteiger partial charge is 0.239 e. The Hall–Kier alpha value is -1.14. The Kier molecular flexibility index (Phi) is 8.32. The summed E-state index contributed by atoms with van der Waals surface area (Å²) in [6, 6.07) is 0.153. The molecule has 0 spiro atoms. The second-order valence-electron chi connectivity index (χ2n) is 10.9. The molecule has 0 saturated carbocycles. The van der Waals surface area contributed by atoms with Gasteiger partial charge in [-0.05, 0) is 46.0 Å². The van der Waals surface area contributed by atoms with Crippen LogP contribution in [0.2, 0.25) is 0 Å². The maximum atomic E-state index is 12.7. The van der Waals surface area contributed by atoms with Crippen molar-refractivity contribution in [3.63, 3.8) is 0 Å². The molecule has 0 rings (SSSR count). The number of carbonyl (C=O) groups is 2. The average molecular weight is 371 g/mol. The van der Waals surface area contributed by atoms with Crippen LogP contribution in [0.5, 0.6) is 0 Å². The lowest BCUT2D eigenvalue weighted by molar-refractivity contribution is -0.137. The molecule has 0 aliphatic heterocycles. The Morgan fingerprint density at radius 3 is 1.54 bits per heavy atom. The van der Waals surface area contributed by atoms with Crippen molar-refractivity contribution in [2.75, 3.05) is 0 Å². The molecule has 0 aromatic rings. The zero-order chi connectivity index (χ0) is 21.0. The first kappa shape index (κ1) is 24.9. The summed E-state index contributed by atoms with van der Waals surface area (Å²) in [5.74, 6) is -0.231. The van der Waals surface area contributed by atoms with E-state index in [4.69, 9.17) is 0 Å². The van der Waals surface area contributed by atoms with Gasteiger partial charge in [0.2, 0.25) is 11.8 Å². The van der Waals surface area contributed by atoms with Crippen LogP contribution in [-0.4, -0.2) is 23.4 Å². The Bertz CT molecular complexity index is 489. The third-order valence-electron chi connectivity index (χ3n) is 4.07. The summed E-state index contributed by atoms with van der Waals surface area (Å²) in [6.07, 6.45) is 1.34.